The summed E-state index contributed by atoms with van der Waals surface area (Å²) in [5.74, 6) is 0. The zero-order chi connectivity index (χ0) is 14.2. The Morgan fingerprint density at radius 2 is 2.15 bits per heavy atom. The van der Waals surface area contributed by atoms with Gasteiger partial charge in [0.2, 0.25) is 0 Å². The number of nitrogens with zero attached hydrogens (tertiary/aromatic N) is 3. The van der Waals surface area contributed by atoms with Gasteiger partial charge in [-0.25, -0.2) is 0 Å². The fraction of sp³-hybridized carbons (Fsp3) is 0.688. The first kappa shape index (κ1) is 15.3. The third-order valence-corrected chi connectivity index (χ3v) is 3.82. The third-order valence-electron chi connectivity index (χ3n) is 3.82. The van der Waals surface area contributed by atoms with E-state index in [0.717, 1.165) is 31.7 Å². The first-order valence-electron chi connectivity index (χ1n) is 7.87. The van der Waals surface area contributed by atoms with Crippen LogP contribution < -0.4 is 5.32 Å². The molecule has 0 amide bonds. The maximum absolute atomic E-state index is 4.47. The lowest BCUT2D eigenvalue weighted by Gasteiger charge is -2.21. The highest BCUT2D eigenvalue weighted by atomic mass is 15.2. The van der Waals surface area contributed by atoms with Crippen LogP contribution in [0.5, 0.6) is 0 Å². The number of likely N-dealkylation sites (tertiary alicyclic amines) is 1. The van der Waals surface area contributed by atoms with Crippen LogP contribution in [0.4, 0.5) is 5.69 Å². The molecule has 0 unspecified atom stereocenters. The average molecular weight is 276 g/mol. The molecule has 112 valence electrons. The SMILES string of the molecule is CCCNc1ccnc(CN(C)CCN2CCCC2)c1. The lowest BCUT2D eigenvalue weighted by atomic mass is 10.3. The lowest BCUT2D eigenvalue weighted by molar-refractivity contribution is 0.250. The van der Waals surface area contributed by atoms with Crippen LogP contribution in [-0.2, 0) is 6.54 Å². The van der Waals surface area contributed by atoms with E-state index in [1.165, 1.54) is 38.2 Å². The molecule has 0 saturated carbocycles. The Morgan fingerprint density at radius 1 is 1.35 bits per heavy atom. The van der Waals surface area contributed by atoms with Crippen LogP contribution in [-0.4, -0.2) is 54.6 Å². The molecule has 1 aromatic rings. The highest BCUT2D eigenvalue weighted by Crippen LogP contribution is 2.10. The summed E-state index contributed by atoms with van der Waals surface area (Å²) in [6.45, 7) is 8.99. The molecule has 4 nitrogen and oxygen atoms in total. The second kappa shape index (κ2) is 8.22. The van der Waals surface area contributed by atoms with Crippen LogP contribution in [0.3, 0.4) is 0 Å². The molecule has 20 heavy (non-hydrogen) atoms. The second-order valence-electron chi connectivity index (χ2n) is 5.75. The van der Waals surface area contributed by atoms with Crippen LogP contribution >= 0.6 is 0 Å². The third kappa shape index (κ3) is 5.10. The van der Waals surface area contributed by atoms with Gasteiger partial charge in [-0.15, -0.1) is 0 Å². The molecular weight excluding hydrogens is 248 g/mol. The van der Waals surface area contributed by atoms with Gasteiger partial charge in [0.15, 0.2) is 0 Å². The molecule has 1 aliphatic heterocycles. The predicted molar refractivity (Wildman–Crippen MR) is 85.0 cm³/mol. The normalized spacial score (nSPS) is 15.9. The molecule has 0 spiro atoms. The molecule has 4 heteroatoms. The summed E-state index contributed by atoms with van der Waals surface area (Å²) in [4.78, 5) is 9.40. The molecule has 2 heterocycles. The molecule has 0 radical (unpaired) electrons. The van der Waals surface area contributed by atoms with Crippen molar-refractivity contribution in [2.45, 2.75) is 32.7 Å². The van der Waals surface area contributed by atoms with Gasteiger partial charge in [0.05, 0.1) is 5.69 Å². The molecule has 0 aromatic carbocycles. The molecular formula is C16H28N4. The van der Waals surface area contributed by atoms with Crippen LogP contribution in [0.15, 0.2) is 18.3 Å². The summed E-state index contributed by atoms with van der Waals surface area (Å²) in [6.07, 6.45) is 5.79. The largest absolute Gasteiger partial charge is 0.385 e. The van der Waals surface area contributed by atoms with Crippen molar-refractivity contribution in [1.29, 1.82) is 0 Å². The van der Waals surface area contributed by atoms with Crippen molar-refractivity contribution in [3.63, 3.8) is 0 Å². The summed E-state index contributed by atoms with van der Waals surface area (Å²) in [5.41, 5.74) is 2.33. The number of aromatic nitrogens is 1. The minimum Gasteiger partial charge on any atom is -0.385 e. The van der Waals surface area contributed by atoms with Gasteiger partial charge >= 0.3 is 0 Å². The van der Waals surface area contributed by atoms with Gasteiger partial charge in [-0.3, -0.25) is 9.88 Å². The minimum absolute atomic E-state index is 0.926. The van der Waals surface area contributed by atoms with E-state index in [0.29, 0.717) is 0 Å². The monoisotopic (exact) mass is 276 g/mol. The topological polar surface area (TPSA) is 31.4 Å². The summed E-state index contributed by atoms with van der Waals surface area (Å²) in [5, 5.41) is 3.42. The number of hydrogen-bond acceptors (Lipinski definition) is 4. The van der Waals surface area contributed by atoms with E-state index in [1.807, 2.05) is 12.3 Å². The average Bonchev–Trinajstić information content (AvgIpc) is 2.97. The molecule has 0 bridgehead atoms. The van der Waals surface area contributed by atoms with E-state index in [4.69, 9.17) is 0 Å². The zero-order valence-corrected chi connectivity index (χ0v) is 12.9. The van der Waals surface area contributed by atoms with Crippen LogP contribution in [0.25, 0.3) is 0 Å². The Morgan fingerprint density at radius 3 is 2.90 bits per heavy atom. The fourth-order valence-corrected chi connectivity index (χ4v) is 2.62. The molecule has 0 atom stereocenters. The van der Waals surface area contributed by atoms with Gasteiger partial charge in [0.1, 0.15) is 0 Å². The van der Waals surface area contributed by atoms with E-state index >= 15 is 0 Å². The molecule has 2 rings (SSSR count). The fourth-order valence-electron chi connectivity index (χ4n) is 2.62. The van der Waals surface area contributed by atoms with Crippen LogP contribution in [0, 0.1) is 0 Å². The van der Waals surface area contributed by atoms with Gasteiger partial charge < -0.3 is 10.2 Å². The highest BCUT2D eigenvalue weighted by molar-refractivity contribution is 5.43. The number of likely N-dealkylation sites (N-methyl/N-ethyl adjacent to an activating group) is 1. The summed E-state index contributed by atoms with van der Waals surface area (Å²) >= 11 is 0. The van der Waals surface area contributed by atoms with Crippen molar-refractivity contribution in [1.82, 2.24) is 14.8 Å². The number of pyridine rings is 1. The molecule has 1 saturated heterocycles. The van der Waals surface area contributed by atoms with E-state index in [9.17, 15) is 0 Å². The number of anilines is 1. The maximum atomic E-state index is 4.47. The Balaban J connectivity index is 1.76. The highest BCUT2D eigenvalue weighted by Gasteiger charge is 2.12. The van der Waals surface area contributed by atoms with Gasteiger partial charge in [0, 0.05) is 38.1 Å². The second-order valence-corrected chi connectivity index (χ2v) is 5.75. The van der Waals surface area contributed by atoms with Crippen molar-refractivity contribution < 1.29 is 0 Å². The standard InChI is InChI=1S/C16H28N4/c1-3-7-17-15-6-8-18-16(13-15)14-19(2)11-12-20-9-4-5-10-20/h6,8,13H,3-5,7,9-12,14H2,1-2H3,(H,17,18). The molecule has 1 aliphatic rings. The zero-order valence-electron chi connectivity index (χ0n) is 12.9. The molecule has 1 fully saturated rings. The Bertz CT molecular complexity index is 388. The van der Waals surface area contributed by atoms with Crippen molar-refractivity contribution in [2.75, 3.05) is 45.1 Å². The summed E-state index contributed by atoms with van der Waals surface area (Å²) in [7, 11) is 2.18. The summed E-state index contributed by atoms with van der Waals surface area (Å²) in [6, 6.07) is 4.21. The van der Waals surface area contributed by atoms with Crippen LogP contribution in [0.2, 0.25) is 0 Å². The van der Waals surface area contributed by atoms with Crippen molar-refractivity contribution >= 4 is 5.69 Å². The van der Waals surface area contributed by atoms with E-state index in [-0.39, 0.29) is 0 Å². The Hall–Kier alpha value is -1.13. The molecule has 1 N–H and O–H groups in total. The van der Waals surface area contributed by atoms with Gasteiger partial charge in [-0.05, 0) is 51.5 Å². The number of hydrogen-bond donors (Lipinski definition) is 1. The number of nitrogens with one attached hydrogen (secondary N) is 1. The Kier molecular flexibility index (Phi) is 6.27. The van der Waals surface area contributed by atoms with E-state index < -0.39 is 0 Å². The predicted octanol–water partition coefficient (Wildman–Crippen LogP) is 2.43. The van der Waals surface area contributed by atoms with E-state index in [1.54, 1.807) is 0 Å². The lowest BCUT2D eigenvalue weighted by Crippen LogP contribution is -2.31. The first-order valence-corrected chi connectivity index (χ1v) is 7.87. The van der Waals surface area contributed by atoms with Gasteiger partial charge in [0.25, 0.3) is 0 Å². The van der Waals surface area contributed by atoms with Gasteiger partial charge in [-0.1, -0.05) is 6.92 Å². The van der Waals surface area contributed by atoms with Crippen molar-refractivity contribution in [3.05, 3.63) is 24.0 Å². The molecule has 0 aliphatic carbocycles. The smallest absolute Gasteiger partial charge is 0.0564 e. The minimum atomic E-state index is 0.926. The van der Waals surface area contributed by atoms with Crippen molar-refractivity contribution in [3.8, 4) is 0 Å². The maximum Gasteiger partial charge on any atom is 0.0564 e. The number of rotatable bonds is 8. The van der Waals surface area contributed by atoms with Crippen molar-refractivity contribution in [2.24, 2.45) is 0 Å². The van der Waals surface area contributed by atoms with E-state index in [2.05, 4.69) is 40.1 Å². The quantitative estimate of drug-likeness (QED) is 0.790. The van der Waals surface area contributed by atoms with Crippen LogP contribution in [0.1, 0.15) is 31.9 Å². The van der Waals surface area contributed by atoms with Gasteiger partial charge in [-0.2, -0.15) is 0 Å². The Labute approximate surface area is 123 Å². The summed E-state index contributed by atoms with van der Waals surface area (Å²) < 4.78 is 0. The molecule has 1 aromatic heterocycles. The first-order chi connectivity index (χ1) is 9.78.